The van der Waals surface area contributed by atoms with Gasteiger partial charge in [-0.3, -0.25) is 9.69 Å². The summed E-state index contributed by atoms with van der Waals surface area (Å²) in [5.41, 5.74) is 7.56. The standard InChI is InChI=1S/C14H21N3O2/c1-11-3-2-4-12(7-11)16-14(18)10-17-5-6-19-13(8-15)9-17/h2-4,7,13H,5-6,8-10,15H2,1H3,(H,16,18). The number of hydrogen-bond acceptors (Lipinski definition) is 4. The predicted octanol–water partition coefficient (Wildman–Crippen LogP) is 0.593. The molecule has 19 heavy (non-hydrogen) atoms. The first-order valence-corrected chi connectivity index (χ1v) is 6.58. The van der Waals surface area contributed by atoms with Gasteiger partial charge in [0, 0.05) is 25.3 Å². The summed E-state index contributed by atoms with van der Waals surface area (Å²) < 4.78 is 5.47. The Bertz CT molecular complexity index is 436. The van der Waals surface area contributed by atoms with E-state index in [1.54, 1.807) is 0 Å². The third-order valence-corrected chi connectivity index (χ3v) is 3.15. The van der Waals surface area contributed by atoms with Crippen molar-refractivity contribution in [3.8, 4) is 0 Å². The lowest BCUT2D eigenvalue weighted by Crippen LogP contribution is -2.48. The zero-order valence-corrected chi connectivity index (χ0v) is 11.3. The van der Waals surface area contributed by atoms with E-state index in [4.69, 9.17) is 10.5 Å². The van der Waals surface area contributed by atoms with Crippen molar-refractivity contribution in [3.63, 3.8) is 0 Å². The zero-order valence-electron chi connectivity index (χ0n) is 11.3. The first-order valence-electron chi connectivity index (χ1n) is 6.58. The highest BCUT2D eigenvalue weighted by molar-refractivity contribution is 5.92. The molecule has 1 atom stereocenters. The Morgan fingerprint density at radius 2 is 2.42 bits per heavy atom. The Morgan fingerprint density at radius 3 is 3.16 bits per heavy atom. The molecule has 5 heteroatoms. The van der Waals surface area contributed by atoms with Crippen molar-refractivity contribution >= 4 is 11.6 Å². The largest absolute Gasteiger partial charge is 0.374 e. The molecule has 1 aromatic rings. The quantitative estimate of drug-likeness (QED) is 0.834. The third kappa shape index (κ3) is 4.31. The van der Waals surface area contributed by atoms with E-state index in [1.165, 1.54) is 0 Å². The van der Waals surface area contributed by atoms with Crippen LogP contribution in [-0.4, -0.2) is 49.7 Å². The summed E-state index contributed by atoms with van der Waals surface area (Å²) in [6.45, 7) is 5.02. The van der Waals surface area contributed by atoms with Crippen molar-refractivity contribution in [1.82, 2.24) is 4.90 Å². The monoisotopic (exact) mass is 263 g/mol. The van der Waals surface area contributed by atoms with Gasteiger partial charge in [0.2, 0.25) is 5.91 Å². The molecule has 0 bridgehead atoms. The number of ether oxygens (including phenoxy) is 1. The Kier molecular flexibility index (Phi) is 4.90. The van der Waals surface area contributed by atoms with E-state index in [0.717, 1.165) is 24.3 Å². The third-order valence-electron chi connectivity index (χ3n) is 3.15. The Hall–Kier alpha value is -1.43. The second-order valence-electron chi connectivity index (χ2n) is 4.88. The smallest absolute Gasteiger partial charge is 0.238 e. The van der Waals surface area contributed by atoms with E-state index >= 15 is 0 Å². The van der Waals surface area contributed by atoms with Crippen molar-refractivity contribution in [2.24, 2.45) is 5.73 Å². The minimum absolute atomic E-state index is 0.00303. The van der Waals surface area contributed by atoms with Crippen LogP contribution in [0, 0.1) is 6.92 Å². The second kappa shape index (κ2) is 6.65. The first-order chi connectivity index (χ1) is 9.17. The molecule has 1 unspecified atom stereocenters. The minimum atomic E-state index is 0.00303. The SMILES string of the molecule is Cc1cccc(NC(=O)CN2CCOC(CN)C2)c1. The fourth-order valence-electron chi connectivity index (χ4n) is 2.19. The molecule has 1 aliphatic heterocycles. The number of anilines is 1. The van der Waals surface area contributed by atoms with E-state index in [-0.39, 0.29) is 12.0 Å². The number of carbonyl (C=O) groups is 1. The van der Waals surface area contributed by atoms with Crippen LogP contribution in [-0.2, 0) is 9.53 Å². The lowest BCUT2D eigenvalue weighted by atomic mass is 10.2. The summed E-state index contributed by atoms with van der Waals surface area (Å²) in [5, 5.41) is 2.91. The molecule has 3 N–H and O–H groups in total. The van der Waals surface area contributed by atoms with Crippen molar-refractivity contribution < 1.29 is 9.53 Å². The Morgan fingerprint density at radius 1 is 1.58 bits per heavy atom. The van der Waals surface area contributed by atoms with Gasteiger partial charge in [-0.25, -0.2) is 0 Å². The van der Waals surface area contributed by atoms with Crippen LogP contribution in [0.1, 0.15) is 5.56 Å². The molecule has 0 aromatic heterocycles. The Balaban J connectivity index is 1.84. The van der Waals surface area contributed by atoms with Gasteiger partial charge in [-0.05, 0) is 24.6 Å². The topological polar surface area (TPSA) is 67.6 Å². The number of hydrogen-bond donors (Lipinski definition) is 2. The minimum Gasteiger partial charge on any atom is -0.374 e. The highest BCUT2D eigenvalue weighted by Crippen LogP contribution is 2.10. The van der Waals surface area contributed by atoms with Gasteiger partial charge in [0.15, 0.2) is 0 Å². The maximum absolute atomic E-state index is 12.0. The molecule has 1 aromatic carbocycles. The molecule has 1 aliphatic rings. The predicted molar refractivity (Wildman–Crippen MR) is 75.0 cm³/mol. The number of nitrogens with two attached hydrogens (primary N) is 1. The van der Waals surface area contributed by atoms with Crippen LogP contribution in [0.15, 0.2) is 24.3 Å². The maximum Gasteiger partial charge on any atom is 0.238 e. The number of amides is 1. The summed E-state index contributed by atoms with van der Waals surface area (Å²) in [5.74, 6) is 0.00303. The molecule has 104 valence electrons. The van der Waals surface area contributed by atoms with Gasteiger partial charge in [-0.15, -0.1) is 0 Å². The van der Waals surface area contributed by atoms with E-state index < -0.39 is 0 Å². The van der Waals surface area contributed by atoms with E-state index in [2.05, 4.69) is 10.2 Å². The number of nitrogens with one attached hydrogen (secondary N) is 1. The summed E-state index contributed by atoms with van der Waals surface area (Å²) in [6, 6.07) is 7.79. The fourth-order valence-corrected chi connectivity index (χ4v) is 2.19. The summed E-state index contributed by atoms with van der Waals surface area (Å²) in [6.07, 6.45) is 0.0421. The average molecular weight is 263 g/mol. The normalized spacial score (nSPS) is 20.2. The molecule has 1 fully saturated rings. The molecule has 0 spiro atoms. The van der Waals surface area contributed by atoms with Crippen LogP contribution >= 0.6 is 0 Å². The molecule has 0 saturated carbocycles. The van der Waals surface area contributed by atoms with E-state index in [0.29, 0.717) is 19.7 Å². The van der Waals surface area contributed by atoms with Gasteiger partial charge in [0.05, 0.1) is 19.3 Å². The van der Waals surface area contributed by atoms with Crippen molar-refractivity contribution in [2.75, 3.05) is 38.1 Å². The summed E-state index contributed by atoms with van der Waals surface area (Å²) in [4.78, 5) is 14.0. The molecular weight excluding hydrogens is 242 g/mol. The number of benzene rings is 1. The van der Waals surface area contributed by atoms with Gasteiger partial charge in [-0.2, -0.15) is 0 Å². The molecule has 0 aliphatic carbocycles. The first kappa shape index (κ1) is 14.0. The lowest BCUT2D eigenvalue weighted by molar-refractivity contribution is -0.119. The van der Waals surface area contributed by atoms with Crippen LogP contribution < -0.4 is 11.1 Å². The molecular formula is C14H21N3O2. The van der Waals surface area contributed by atoms with Crippen LogP contribution in [0.5, 0.6) is 0 Å². The molecule has 0 radical (unpaired) electrons. The lowest BCUT2D eigenvalue weighted by Gasteiger charge is -2.31. The molecule has 5 nitrogen and oxygen atoms in total. The Labute approximate surface area is 113 Å². The van der Waals surface area contributed by atoms with Crippen molar-refractivity contribution in [1.29, 1.82) is 0 Å². The molecule has 2 rings (SSSR count). The molecule has 1 amide bonds. The van der Waals surface area contributed by atoms with Gasteiger partial charge in [0.1, 0.15) is 0 Å². The zero-order chi connectivity index (χ0) is 13.7. The molecule has 1 saturated heterocycles. The molecule has 1 heterocycles. The van der Waals surface area contributed by atoms with Gasteiger partial charge in [0.25, 0.3) is 0 Å². The second-order valence-corrected chi connectivity index (χ2v) is 4.88. The summed E-state index contributed by atoms with van der Waals surface area (Å²) >= 11 is 0. The van der Waals surface area contributed by atoms with Crippen molar-refractivity contribution in [2.45, 2.75) is 13.0 Å². The van der Waals surface area contributed by atoms with Crippen LogP contribution in [0.4, 0.5) is 5.69 Å². The highest BCUT2D eigenvalue weighted by Gasteiger charge is 2.20. The van der Waals surface area contributed by atoms with Gasteiger partial charge >= 0.3 is 0 Å². The maximum atomic E-state index is 12.0. The van der Waals surface area contributed by atoms with E-state index in [9.17, 15) is 4.79 Å². The van der Waals surface area contributed by atoms with E-state index in [1.807, 2.05) is 31.2 Å². The number of aryl methyl sites for hydroxylation is 1. The highest BCUT2D eigenvalue weighted by atomic mass is 16.5. The number of morpholine rings is 1. The van der Waals surface area contributed by atoms with Gasteiger partial charge in [-0.1, -0.05) is 12.1 Å². The summed E-state index contributed by atoms with van der Waals surface area (Å²) in [7, 11) is 0. The number of rotatable bonds is 4. The fraction of sp³-hybridized carbons (Fsp3) is 0.500. The number of nitrogens with zero attached hydrogens (tertiary/aromatic N) is 1. The van der Waals surface area contributed by atoms with Crippen molar-refractivity contribution in [3.05, 3.63) is 29.8 Å². The average Bonchev–Trinajstić information content (AvgIpc) is 2.38. The van der Waals surface area contributed by atoms with Crippen LogP contribution in [0.2, 0.25) is 0 Å². The number of carbonyl (C=O) groups excluding carboxylic acids is 1. The van der Waals surface area contributed by atoms with Crippen LogP contribution in [0.25, 0.3) is 0 Å². The van der Waals surface area contributed by atoms with Crippen LogP contribution in [0.3, 0.4) is 0 Å². The van der Waals surface area contributed by atoms with Gasteiger partial charge < -0.3 is 15.8 Å².